The molecule has 6 nitrogen and oxygen atoms in total. The fourth-order valence-corrected chi connectivity index (χ4v) is 4.14. The van der Waals surface area contributed by atoms with Gasteiger partial charge in [0.25, 0.3) is 5.91 Å². The highest BCUT2D eigenvalue weighted by atomic mass is 32.1. The summed E-state index contributed by atoms with van der Waals surface area (Å²) < 4.78 is 0. The normalized spacial score (nSPS) is 23.0. The van der Waals surface area contributed by atoms with Crippen molar-refractivity contribution in [1.82, 2.24) is 15.1 Å². The van der Waals surface area contributed by atoms with Crippen molar-refractivity contribution in [2.75, 3.05) is 13.1 Å². The zero-order valence-corrected chi connectivity index (χ0v) is 14.9. The lowest BCUT2D eigenvalue weighted by molar-refractivity contribution is -0.133. The van der Waals surface area contributed by atoms with Crippen LogP contribution in [0.15, 0.2) is 16.8 Å². The average Bonchev–Trinajstić information content (AvgIpc) is 3.22. The van der Waals surface area contributed by atoms with E-state index in [1.807, 2.05) is 10.3 Å². The molecule has 0 spiro atoms. The minimum absolute atomic E-state index is 0.106. The topological polar surface area (TPSA) is 69.7 Å². The van der Waals surface area contributed by atoms with E-state index in [0.717, 1.165) is 19.4 Å². The van der Waals surface area contributed by atoms with Crippen molar-refractivity contribution in [3.8, 4) is 0 Å². The summed E-state index contributed by atoms with van der Waals surface area (Å²) in [7, 11) is 0. The van der Waals surface area contributed by atoms with Gasteiger partial charge in [0, 0.05) is 19.5 Å². The van der Waals surface area contributed by atoms with Crippen LogP contribution in [0.25, 0.3) is 0 Å². The third-order valence-electron chi connectivity index (χ3n) is 4.72. The predicted octanol–water partition coefficient (Wildman–Crippen LogP) is 2.52. The van der Waals surface area contributed by atoms with Gasteiger partial charge in [0.15, 0.2) is 0 Å². The number of hydrogen-bond donors (Lipinski definition) is 1. The van der Waals surface area contributed by atoms with E-state index in [9.17, 15) is 14.4 Å². The van der Waals surface area contributed by atoms with Crippen LogP contribution < -0.4 is 5.32 Å². The lowest BCUT2D eigenvalue weighted by Gasteiger charge is -2.24. The number of nitrogens with zero attached hydrogens (tertiary/aromatic N) is 2. The van der Waals surface area contributed by atoms with Gasteiger partial charge in [-0.3, -0.25) is 14.5 Å². The van der Waals surface area contributed by atoms with Gasteiger partial charge in [0.2, 0.25) is 5.91 Å². The molecule has 0 aliphatic carbocycles. The molecule has 1 N–H and O–H groups in total. The molecule has 24 heavy (non-hydrogen) atoms. The first-order valence-corrected chi connectivity index (χ1v) is 9.30. The van der Waals surface area contributed by atoms with E-state index in [4.69, 9.17) is 0 Å². The van der Waals surface area contributed by atoms with Crippen molar-refractivity contribution in [1.29, 1.82) is 0 Å². The van der Waals surface area contributed by atoms with Crippen LogP contribution in [0.5, 0.6) is 0 Å². The van der Waals surface area contributed by atoms with Crippen LogP contribution in [0.2, 0.25) is 0 Å². The maximum absolute atomic E-state index is 12.5. The minimum Gasteiger partial charge on any atom is -0.336 e. The number of thiophene rings is 1. The standard InChI is InChI=1S/C17H23N3O3S/c1-17(2)15(22)20(16(23)18-17)9-4-6-14(21)19-8-3-5-13(19)12-7-10-24-11-12/h7,10-11,13H,3-6,8-9H2,1-2H3,(H,18,23). The molecule has 3 rings (SSSR count). The van der Waals surface area contributed by atoms with E-state index < -0.39 is 5.54 Å². The number of hydrogen-bond acceptors (Lipinski definition) is 4. The maximum atomic E-state index is 12.5. The molecule has 1 aromatic rings. The number of urea groups is 1. The van der Waals surface area contributed by atoms with Crippen molar-refractivity contribution in [2.45, 2.75) is 51.1 Å². The van der Waals surface area contributed by atoms with E-state index in [1.165, 1.54) is 10.5 Å². The number of nitrogens with one attached hydrogen (secondary N) is 1. The molecular formula is C17H23N3O3S. The molecule has 2 fully saturated rings. The monoisotopic (exact) mass is 349 g/mol. The Bertz CT molecular complexity index is 642. The van der Waals surface area contributed by atoms with E-state index in [-0.39, 0.29) is 30.4 Å². The fourth-order valence-electron chi connectivity index (χ4n) is 3.43. The Kier molecular flexibility index (Phi) is 4.62. The van der Waals surface area contributed by atoms with E-state index in [1.54, 1.807) is 25.2 Å². The molecule has 130 valence electrons. The molecule has 1 atom stereocenters. The summed E-state index contributed by atoms with van der Waals surface area (Å²) >= 11 is 1.65. The smallest absolute Gasteiger partial charge is 0.325 e. The average molecular weight is 349 g/mol. The summed E-state index contributed by atoms with van der Waals surface area (Å²) in [6.07, 6.45) is 2.89. The van der Waals surface area contributed by atoms with E-state index in [0.29, 0.717) is 12.8 Å². The van der Waals surface area contributed by atoms with Gasteiger partial charge in [-0.2, -0.15) is 11.3 Å². The third kappa shape index (κ3) is 3.17. The third-order valence-corrected chi connectivity index (χ3v) is 5.42. The molecule has 0 saturated carbocycles. The molecule has 0 bridgehead atoms. The summed E-state index contributed by atoms with van der Waals surface area (Å²) in [6.45, 7) is 4.45. The molecule has 3 heterocycles. The van der Waals surface area contributed by atoms with E-state index in [2.05, 4.69) is 16.8 Å². The van der Waals surface area contributed by atoms with Crippen molar-refractivity contribution in [3.05, 3.63) is 22.4 Å². The second-order valence-electron chi connectivity index (χ2n) is 6.92. The first-order chi connectivity index (χ1) is 11.4. The molecule has 0 aromatic carbocycles. The molecule has 1 unspecified atom stereocenters. The van der Waals surface area contributed by atoms with Crippen LogP contribution in [0.1, 0.15) is 51.1 Å². The molecule has 0 radical (unpaired) electrons. The Morgan fingerprint density at radius 1 is 1.42 bits per heavy atom. The Hall–Kier alpha value is -1.89. The van der Waals surface area contributed by atoms with Gasteiger partial charge in [-0.1, -0.05) is 0 Å². The molecule has 4 amide bonds. The summed E-state index contributed by atoms with van der Waals surface area (Å²) in [5, 5.41) is 6.80. The highest BCUT2D eigenvalue weighted by Gasteiger charge is 2.43. The summed E-state index contributed by atoms with van der Waals surface area (Å²) in [5.74, 6) is -0.118. The highest BCUT2D eigenvalue weighted by molar-refractivity contribution is 7.08. The molecule has 2 saturated heterocycles. The van der Waals surface area contributed by atoms with Crippen molar-refractivity contribution in [2.24, 2.45) is 0 Å². The SMILES string of the molecule is CC1(C)NC(=O)N(CCCC(=O)N2CCCC2c2ccsc2)C1=O. The van der Waals surface area contributed by atoms with Gasteiger partial charge in [-0.15, -0.1) is 0 Å². The number of amides is 4. The number of imide groups is 1. The number of rotatable bonds is 5. The van der Waals surface area contributed by atoms with Gasteiger partial charge < -0.3 is 10.2 Å². The Morgan fingerprint density at radius 2 is 2.21 bits per heavy atom. The van der Waals surface area contributed by atoms with Gasteiger partial charge in [-0.25, -0.2) is 4.79 Å². The lowest BCUT2D eigenvalue weighted by Crippen LogP contribution is -2.40. The second-order valence-corrected chi connectivity index (χ2v) is 7.70. The van der Waals surface area contributed by atoms with Crippen molar-refractivity contribution < 1.29 is 14.4 Å². The summed E-state index contributed by atoms with van der Waals surface area (Å²) in [6, 6.07) is 1.89. The zero-order valence-electron chi connectivity index (χ0n) is 14.1. The molecule has 2 aliphatic heterocycles. The van der Waals surface area contributed by atoms with Crippen LogP contribution in [0.3, 0.4) is 0 Å². The molecule has 1 aromatic heterocycles. The Morgan fingerprint density at radius 3 is 2.83 bits per heavy atom. The first kappa shape index (κ1) is 17.0. The maximum Gasteiger partial charge on any atom is 0.325 e. The summed E-state index contributed by atoms with van der Waals surface area (Å²) in [5.41, 5.74) is 0.363. The largest absolute Gasteiger partial charge is 0.336 e. The quantitative estimate of drug-likeness (QED) is 0.831. The minimum atomic E-state index is -0.847. The molecular weight excluding hydrogens is 326 g/mol. The zero-order chi connectivity index (χ0) is 17.3. The highest BCUT2D eigenvalue weighted by Crippen LogP contribution is 2.33. The second kappa shape index (κ2) is 6.55. The predicted molar refractivity (Wildman–Crippen MR) is 91.6 cm³/mol. The Balaban J connectivity index is 1.53. The number of likely N-dealkylation sites (tertiary alicyclic amines) is 1. The fraction of sp³-hybridized carbons (Fsp3) is 0.588. The first-order valence-electron chi connectivity index (χ1n) is 8.36. The molecule has 7 heteroatoms. The van der Waals surface area contributed by atoms with Gasteiger partial charge >= 0.3 is 6.03 Å². The van der Waals surface area contributed by atoms with Crippen LogP contribution in [0, 0.1) is 0 Å². The van der Waals surface area contributed by atoms with Gasteiger partial charge in [0.1, 0.15) is 5.54 Å². The van der Waals surface area contributed by atoms with Crippen LogP contribution >= 0.6 is 11.3 Å². The number of carbonyl (C=O) groups excluding carboxylic acids is 3. The lowest BCUT2D eigenvalue weighted by atomic mass is 10.1. The van der Waals surface area contributed by atoms with Crippen molar-refractivity contribution >= 4 is 29.2 Å². The van der Waals surface area contributed by atoms with Gasteiger partial charge in [-0.05, 0) is 55.5 Å². The number of carbonyl (C=O) groups is 3. The molecule has 2 aliphatic rings. The summed E-state index contributed by atoms with van der Waals surface area (Å²) in [4.78, 5) is 39.7. The van der Waals surface area contributed by atoms with Crippen LogP contribution in [-0.4, -0.2) is 46.3 Å². The van der Waals surface area contributed by atoms with Crippen molar-refractivity contribution in [3.63, 3.8) is 0 Å². The van der Waals surface area contributed by atoms with Gasteiger partial charge in [0.05, 0.1) is 6.04 Å². The van der Waals surface area contributed by atoms with Crippen LogP contribution in [-0.2, 0) is 9.59 Å². The Labute approximate surface area is 145 Å². The van der Waals surface area contributed by atoms with E-state index >= 15 is 0 Å². The van der Waals surface area contributed by atoms with Crippen LogP contribution in [0.4, 0.5) is 4.79 Å².